The van der Waals surface area contributed by atoms with E-state index in [0.717, 1.165) is 40.5 Å². The molecule has 5 heteroatoms. The Labute approximate surface area is 145 Å². The second-order valence-corrected chi connectivity index (χ2v) is 6.54. The van der Waals surface area contributed by atoms with E-state index in [-0.39, 0.29) is 5.91 Å². The van der Waals surface area contributed by atoms with Crippen LogP contribution in [0, 0.1) is 6.92 Å². The minimum atomic E-state index is -0.0362. The lowest BCUT2D eigenvalue weighted by Crippen LogP contribution is -2.15. The maximum absolute atomic E-state index is 12.2. The average molecular weight is 337 g/mol. The number of para-hydroxylation sites is 1. The summed E-state index contributed by atoms with van der Waals surface area (Å²) in [5.41, 5.74) is 3.79. The van der Waals surface area contributed by atoms with Crippen LogP contribution in [-0.4, -0.2) is 15.9 Å². The largest absolute Gasteiger partial charge is 0.326 e. The highest BCUT2D eigenvalue weighted by atomic mass is 32.1. The third kappa shape index (κ3) is 4.49. The molecule has 0 atom stereocenters. The third-order valence-electron chi connectivity index (χ3n) is 3.68. The summed E-state index contributed by atoms with van der Waals surface area (Å²) in [6.45, 7) is 1.98. The van der Waals surface area contributed by atoms with Gasteiger partial charge in [0.05, 0.1) is 17.1 Å². The Morgan fingerprint density at radius 2 is 1.92 bits per heavy atom. The number of carbonyl (C=O) groups excluding carboxylic acids is 1. The zero-order chi connectivity index (χ0) is 16.8. The van der Waals surface area contributed by atoms with E-state index in [0.29, 0.717) is 6.42 Å². The van der Waals surface area contributed by atoms with Gasteiger partial charge in [-0.05, 0) is 37.1 Å². The first-order chi connectivity index (χ1) is 11.7. The molecule has 0 saturated carbocycles. The number of hydrogen-bond donors (Lipinski definition) is 1. The summed E-state index contributed by atoms with van der Waals surface area (Å²) in [5, 5.41) is 5.95. The molecular weight excluding hydrogens is 318 g/mol. The van der Waals surface area contributed by atoms with Gasteiger partial charge in [0, 0.05) is 29.4 Å². The number of nitrogens with one attached hydrogen (secondary N) is 1. The van der Waals surface area contributed by atoms with Crippen LogP contribution in [0.4, 0.5) is 5.69 Å². The predicted octanol–water partition coefficient (Wildman–Crippen LogP) is 3.81. The highest BCUT2D eigenvalue weighted by Gasteiger charge is 2.09. The molecule has 0 bridgehead atoms. The van der Waals surface area contributed by atoms with E-state index >= 15 is 0 Å². The Bertz CT molecular complexity index is 814. The van der Waals surface area contributed by atoms with Gasteiger partial charge in [-0.15, -0.1) is 11.3 Å². The van der Waals surface area contributed by atoms with Gasteiger partial charge in [0.2, 0.25) is 5.91 Å². The SMILES string of the molecule is Cc1ccccc1NC(=O)Cc1csc(CCc2ccccn2)n1. The number of benzene rings is 1. The van der Waals surface area contributed by atoms with Crippen molar-refractivity contribution in [3.05, 3.63) is 76.0 Å². The normalized spacial score (nSPS) is 10.5. The summed E-state index contributed by atoms with van der Waals surface area (Å²) in [5.74, 6) is -0.0362. The molecule has 0 spiro atoms. The van der Waals surface area contributed by atoms with Crippen molar-refractivity contribution in [2.24, 2.45) is 0 Å². The molecule has 122 valence electrons. The number of pyridine rings is 1. The molecule has 4 nitrogen and oxygen atoms in total. The number of nitrogens with zero attached hydrogens (tertiary/aromatic N) is 2. The Kier molecular flexibility index (Phi) is 5.33. The fourth-order valence-electron chi connectivity index (χ4n) is 2.40. The van der Waals surface area contributed by atoms with Crippen molar-refractivity contribution in [1.29, 1.82) is 0 Å². The van der Waals surface area contributed by atoms with E-state index in [1.54, 1.807) is 17.5 Å². The van der Waals surface area contributed by atoms with Crippen molar-refractivity contribution in [2.45, 2.75) is 26.2 Å². The van der Waals surface area contributed by atoms with Crippen LogP contribution in [0.1, 0.15) is 22.0 Å². The third-order valence-corrected chi connectivity index (χ3v) is 4.64. The summed E-state index contributed by atoms with van der Waals surface area (Å²) < 4.78 is 0. The van der Waals surface area contributed by atoms with Crippen LogP contribution in [0.5, 0.6) is 0 Å². The van der Waals surface area contributed by atoms with Crippen LogP contribution in [-0.2, 0) is 24.1 Å². The maximum atomic E-state index is 12.2. The second-order valence-electron chi connectivity index (χ2n) is 5.59. The number of aryl methyl sites for hydroxylation is 3. The van der Waals surface area contributed by atoms with E-state index in [4.69, 9.17) is 0 Å². The van der Waals surface area contributed by atoms with Gasteiger partial charge >= 0.3 is 0 Å². The van der Waals surface area contributed by atoms with Gasteiger partial charge in [0.25, 0.3) is 0 Å². The van der Waals surface area contributed by atoms with E-state index in [9.17, 15) is 4.79 Å². The molecule has 2 aromatic heterocycles. The van der Waals surface area contributed by atoms with E-state index in [1.807, 2.05) is 54.8 Å². The van der Waals surface area contributed by atoms with Gasteiger partial charge in [-0.1, -0.05) is 24.3 Å². The molecule has 3 aromatic rings. The zero-order valence-electron chi connectivity index (χ0n) is 13.5. The van der Waals surface area contributed by atoms with Crippen LogP contribution in [0.15, 0.2) is 54.0 Å². The Morgan fingerprint density at radius 1 is 1.08 bits per heavy atom. The van der Waals surface area contributed by atoms with E-state index in [1.165, 1.54) is 0 Å². The van der Waals surface area contributed by atoms with Crippen LogP contribution < -0.4 is 5.32 Å². The van der Waals surface area contributed by atoms with Crippen molar-refractivity contribution in [3.63, 3.8) is 0 Å². The summed E-state index contributed by atoms with van der Waals surface area (Å²) >= 11 is 1.60. The minimum Gasteiger partial charge on any atom is -0.326 e. The lowest BCUT2D eigenvalue weighted by Gasteiger charge is -2.06. The highest BCUT2D eigenvalue weighted by molar-refractivity contribution is 7.09. The Hall–Kier alpha value is -2.53. The summed E-state index contributed by atoms with van der Waals surface area (Å²) in [4.78, 5) is 21.0. The van der Waals surface area contributed by atoms with Gasteiger partial charge in [-0.3, -0.25) is 9.78 Å². The molecule has 0 aliphatic rings. The lowest BCUT2D eigenvalue weighted by molar-refractivity contribution is -0.115. The predicted molar refractivity (Wildman–Crippen MR) is 97.3 cm³/mol. The minimum absolute atomic E-state index is 0.0362. The van der Waals surface area contributed by atoms with Crippen molar-refractivity contribution in [1.82, 2.24) is 9.97 Å². The molecule has 3 rings (SSSR count). The van der Waals surface area contributed by atoms with Crippen molar-refractivity contribution in [2.75, 3.05) is 5.32 Å². The highest BCUT2D eigenvalue weighted by Crippen LogP contribution is 2.16. The van der Waals surface area contributed by atoms with Gasteiger partial charge < -0.3 is 5.32 Å². The molecule has 1 N–H and O–H groups in total. The Balaban J connectivity index is 1.54. The standard InChI is InChI=1S/C19H19N3OS/c1-14-6-2-3-8-17(14)22-18(23)12-16-13-24-19(21-16)10-9-15-7-4-5-11-20-15/h2-8,11,13H,9-10,12H2,1H3,(H,22,23). The quantitative estimate of drug-likeness (QED) is 0.744. The lowest BCUT2D eigenvalue weighted by atomic mass is 10.2. The summed E-state index contributed by atoms with van der Waals surface area (Å²) in [6, 6.07) is 13.7. The summed E-state index contributed by atoms with van der Waals surface area (Å²) in [7, 11) is 0. The fraction of sp³-hybridized carbons (Fsp3) is 0.211. The van der Waals surface area contributed by atoms with Crippen LogP contribution in [0.2, 0.25) is 0 Å². The number of anilines is 1. The number of aromatic nitrogens is 2. The van der Waals surface area contributed by atoms with Gasteiger partial charge in [-0.2, -0.15) is 0 Å². The summed E-state index contributed by atoms with van der Waals surface area (Å²) in [6.07, 6.45) is 3.82. The van der Waals surface area contributed by atoms with Crippen molar-refractivity contribution >= 4 is 22.9 Å². The van der Waals surface area contributed by atoms with Gasteiger partial charge in [0.1, 0.15) is 0 Å². The van der Waals surface area contributed by atoms with E-state index < -0.39 is 0 Å². The number of thiazole rings is 1. The first-order valence-electron chi connectivity index (χ1n) is 7.89. The average Bonchev–Trinajstić information content (AvgIpc) is 3.03. The number of hydrogen-bond acceptors (Lipinski definition) is 4. The number of rotatable bonds is 6. The zero-order valence-corrected chi connectivity index (χ0v) is 14.3. The maximum Gasteiger partial charge on any atom is 0.230 e. The molecular formula is C19H19N3OS. The first kappa shape index (κ1) is 16.3. The van der Waals surface area contributed by atoms with Crippen LogP contribution in [0.3, 0.4) is 0 Å². The van der Waals surface area contributed by atoms with Gasteiger partial charge in [-0.25, -0.2) is 4.98 Å². The molecule has 24 heavy (non-hydrogen) atoms. The molecule has 0 saturated heterocycles. The smallest absolute Gasteiger partial charge is 0.230 e. The molecule has 0 aliphatic heterocycles. The number of amides is 1. The molecule has 0 unspecified atom stereocenters. The number of carbonyl (C=O) groups is 1. The monoisotopic (exact) mass is 337 g/mol. The van der Waals surface area contributed by atoms with E-state index in [2.05, 4.69) is 15.3 Å². The van der Waals surface area contributed by atoms with Crippen molar-refractivity contribution < 1.29 is 4.79 Å². The van der Waals surface area contributed by atoms with Gasteiger partial charge in [0.15, 0.2) is 0 Å². The second kappa shape index (κ2) is 7.84. The van der Waals surface area contributed by atoms with Crippen molar-refractivity contribution in [3.8, 4) is 0 Å². The molecule has 0 fully saturated rings. The topological polar surface area (TPSA) is 54.9 Å². The fourth-order valence-corrected chi connectivity index (χ4v) is 3.20. The Morgan fingerprint density at radius 3 is 2.71 bits per heavy atom. The molecule has 1 aromatic carbocycles. The van der Waals surface area contributed by atoms with Crippen LogP contribution >= 0.6 is 11.3 Å². The van der Waals surface area contributed by atoms with Crippen LogP contribution in [0.25, 0.3) is 0 Å². The molecule has 0 radical (unpaired) electrons. The molecule has 2 heterocycles. The first-order valence-corrected chi connectivity index (χ1v) is 8.77. The molecule has 1 amide bonds. The molecule has 0 aliphatic carbocycles.